The molecule has 0 aromatic heterocycles. The van der Waals surface area contributed by atoms with Crippen molar-refractivity contribution in [2.75, 3.05) is 18.6 Å². The lowest BCUT2D eigenvalue weighted by Gasteiger charge is -2.30. The van der Waals surface area contributed by atoms with Crippen LogP contribution in [-0.2, 0) is 4.74 Å². The molecule has 3 rings (SSSR count). The van der Waals surface area contributed by atoms with Crippen LogP contribution in [0.15, 0.2) is 48.5 Å². The van der Waals surface area contributed by atoms with Crippen molar-refractivity contribution in [3.8, 4) is 6.07 Å². The van der Waals surface area contributed by atoms with Crippen molar-refractivity contribution in [1.29, 1.82) is 5.26 Å². The average molecular weight is 365 g/mol. The summed E-state index contributed by atoms with van der Waals surface area (Å²) in [5.74, 6) is -1.08. The Morgan fingerprint density at radius 3 is 2.70 bits per heavy atom. The van der Waals surface area contributed by atoms with Gasteiger partial charge in [0.2, 0.25) is 0 Å². The van der Waals surface area contributed by atoms with E-state index in [1.54, 1.807) is 6.07 Å². The molecule has 0 amide bonds. The Balaban J connectivity index is 1.99. The maximum Gasteiger partial charge on any atom is 0.344 e. The number of ether oxygens (including phenoxy) is 1. The third-order valence-electron chi connectivity index (χ3n) is 4.90. The first-order valence-corrected chi connectivity index (χ1v) is 8.64. The smallest absolute Gasteiger partial charge is 0.344 e. The Labute approximate surface area is 156 Å². The van der Waals surface area contributed by atoms with Crippen LogP contribution in [0.25, 0.3) is 0 Å². The van der Waals surface area contributed by atoms with E-state index in [1.807, 2.05) is 30.3 Å². The predicted octanol–water partition coefficient (Wildman–Crippen LogP) is 3.66. The minimum atomic E-state index is -0.751. The lowest BCUT2D eigenvalue weighted by Crippen LogP contribution is -2.34. The van der Waals surface area contributed by atoms with Gasteiger partial charge < -0.3 is 9.64 Å². The zero-order valence-electron chi connectivity index (χ0n) is 14.9. The molecule has 1 aliphatic heterocycles. The van der Waals surface area contributed by atoms with Gasteiger partial charge in [-0.3, -0.25) is 10.1 Å². The molecular formula is C20H19N3O4. The third-order valence-corrected chi connectivity index (χ3v) is 4.90. The first-order chi connectivity index (χ1) is 13.1. The average Bonchev–Trinajstić information content (AvgIpc) is 3.17. The lowest BCUT2D eigenvalue weighted by molar-refractivity contribution is -0.385. The van der Waals surface area contributed by atoms with Gasteiger partial charge in [0.05, 0.1) is 24.0 Å². The normalized spacial score (nSPS) is 17.2. The molecule has 0 spiro atoms. The van der Waals surface area contributed by atoms with E-state index in [1.165, 1.54) is 19.2 Å². The van der Waals surface area contributed by atoms with Crippen LogP contribution in [0.1, 0.15) is 34.7 Å². The second kappa shape index (κ2) is 7.87. The molecule has 27 heavy (non-hydrogen) atoms. The molecule has 1 aliphatic rings. The Kier molecular flexibility index (Phi) is 5.36. The van der Waals surface area contributed by atoms with Gasteiger partial charge >= 0.3 is 5.97 Å². The second-order valence-electron chi connectivity index (χ2n) is 6.37. The van der Waals surface area contributed by atoms with Gasteiger partial charge in [-0.2, -0.15) is 5.26 Å². The van der Waals surface area contributed by atoms with Crippen molar-refractivity contribution in [3.63, 3.8) is 0 Å². The minimum Gasteiger partial charge on any atom is -0.465 e. The van der Waals surface area contributed by atoms with Crippen LogP contribution < -0.4 is 4.90 Å². The van der Waals surface area contributed by atoms with Gasteiger partial charge in [-0.25, -0.2) is 4.79 Å². The zero-order chi connectivity index (χ0) is 19.4. The first-order valence-electron chi connectivity index (χ1n) is 8.64. The monoisotopic (exact) mass is 365 g/mol. The number of esters is 1. The van der Waals surface area contributed by atoms with Gasteiger partial charge in [0, 0.05) is 24.3 Å². The number of carbonyl (C=O) groups excluding carboxylic acids is 1. The molecule has 0 N–H and O–H groups in total. The Bertz CT molecular complexity index is 892. The maximum atomic E-state index is 12.0. The van der Waals surface area contributed by atoms with Gasteiger partial charge in [-0.05, 0) is 30.5 Å². The molecule has 0 radical (unpaired) electrons. The largest absolute Gasteiger partial charge is 0.465 e. The molecule has 1 saturated heterocycles. The van der Waals surface area contributed by atoms with Crippen LogP contribution in [0.2, 0.25) is 0 Å². The molecule has 2 aromatic rings. The van der Waals surface area contributed by atoms with Gasteiger partial charge in [0.1, 0.15) is 5.56 Å². The number of nitrogens with zero attached hydrogens (tertiary/aromatic N) is 3. The summed E-state index contributed by atoms with van der Waals surface area (Å²) in [5.41, 5.74) is 1.24. The summed E-state index contributed by atoms with van der Waals surface area (Å²) in [7, 11) is 1.19. The summed E-state index contributed by atoms with van der Waals surface area (Å²) in [6, 6.07) is 16.3. The molecule has 0 bridgehead atoms. The van der Waals surface area contributed by atoms with E-state index < -0.39 is 10.9 Å². The highest BCUT2D eigenvalue weighted by Crippen LogP contribution is 2.36. The number of benzene rings is 2. The number of rotatable bonds is 5. The summed E-state index contributed by atoms with van der Waals surface area (Å²) in [6.45, 7) is 0.716. The van der Waals surface area contributed by atoms with E-state index in [9.17, 15) is 20.2 Å². The Hall–Kier alpha value is -3.40. The molecule has 138 valence electrons. The molecule has 1 fully saturated rings. The zero-order valence-corrected chi connectivity index (χ0v) is 14.9. The molecular weight excluding hydrogens is 346 g/mol. The molecule has 0 aliphatic carbocycles. The predicted molar refractivity (Wildman–Crippen MR) is 99.6 cm³/mol. The van der Waals surface area contributed by atoms with Crippen molar-refractivity contribution in [1.82, 2.24) is 0 Å². The van der Waals surface area contributed by atoms with Crippen LogP contribution in [-0.4, -0.2) is 30.6 Å². The van der Waals surface area contributed by atoms with Gasteiger partial charge in [0.25, 0.3) is 5.69 Å². The van der Waals surface area contributed by atoms with Crippen molar-refractivity contribution >= 4 is 17.3 Å². The van der Waals surface area contributed by atoms with Crippen molar-refractivity contribution < 1.29 is 14.5 Å². The van der Waals surface area contributed by atoms with E-state index in [0.717, 1.165) is 18.4 Å². The molecule has 1 heterocycles. The van der Waals surface area contributed by atoms with Gasteiger partial charge in [-0.15, -0.1) is 0 Å². The molecule has 7 nitrogen and oxygen atoms in total. The summed E-state index contributed by atoms with van der Waals surface area (Å²) >= 11 is 0. The minimum absolute atomic E-state index is 0.0654. The first kappa shape index (κ1) is 18.4. The maximum absolute atomic E-state index is 12.0. The highest BCUT2D eigenvalue weighted by molar-refractivity contribution is 5.95. The number of hydrogen-bond acceptors (Lipinski definition) is 6. The van der Waals surface area contributed by atoms with Crippen LogP contribution in [0.5, 0.6) is 0 Å². The number of anilines is 1. The standard InChI is InChI=1S/C20H19N3O4/c1-27-20(24)16-12-15(9-10-19(16)23(25)26)22-11-5-8-18(22)17(13-21)14-6-3-2-4-7-14/h2-4,6-7,9-10,12,17-18H,5,8,11H2,1H3. The van der Waals surface area contributed by atoms with Crippen LogP contribution in [0.3, 0.4) is 0 Å². The summed E-state index contributed by atoms with van der Waals surface area (Å²) in [4.78, 5) is 24.7. The third kappa shape index (κ3) is 3.60. The number of nitro benzene ring substituents is 1. The van der Waals surface area contributed by atoms with E-state index in [-0.39, 0.29) is 23.2 Å². The van der Waals surface area contributed by atoms with Crippen molar-refractivity contribution in [2.24, 2.45) is 0 Å². The van der Waals surface area contributed by atoms with Crippen LogP contribution in [0.4, 0.5) is 11.4 Å². The van der Waals surface area contributed by atoms with E-state index in [4.69, 9.17) is 4.74 Å². The molecule has 2 atom stereocenters. The van der Waals surface area contributed by atoms with E-state index in [2.05, 4.69) is 11.0 Å². The van der Waals surface area contributed by atoms with E-state index in [0.29, 0.717) is 12.2 Å². The van der Waals surface area contributed by atoms with E-state index >= 15 is 0 Å². The molecule has 2 unspecified atom stereocenters. The second-order valence-corrected chi connectivity index (χ2v) is 6.37. The Morgan fingerprint density at radius 2 is 2.07 bits per heavy atom. The number of methoxy groups -OCH3 is 1. The van der Waals surface area contributed by atoms with Crippen molar-refractivity contribution in [2.45, 2.75) is 24.8 Å². The summed E-state index contributed by atoms with van der Waals surface area (Å²) in [5, 5.41) is 21.0. The van der Waals surface area contributed by atoms with Crippen LogP contribution in [0, 0.1) is 21.4 Å². The fourth-order valence-electron chi connectivity index (χ4n) is 3.64. The summed E-state index contributed by atoms with van der Waals surface area (Å²) < 4.78 is 4.70. The van der Waals surface area contributed by atoms with Gasteiger partial charge in [0.15, 0.2) is 0 Å². The number of carbonyl (C=O) groups is 1. The van der Waals surface area contributed by atoms with Crippen molar-refractivity contribution in [3.05, 3.63) is 69.8 Å². The number of hydrogen-bond donors (Lipinski definition) is 0. The van der Waals surface area contributed by atoms with Crippen LogP contribution >= 0.6 is 0 Å². The highest BCUT2D eigenvalue weighted by Gasteiger charge is 2.34. The summed E-state index contributed by atoms with van der Waals surface area (Å²) in [6.07, 6.45) is 1.73. The molecule has 2 aromatic carbocycles. The fraction of sp³-hybridized carbons (Fsp3) is 0.300. The lowest BCUT2D eigenvalue weighted by atomic mass is 9.91. The number of nitriles is 1. The quantitative estimate of drug-likeness (QED) is 0.456. The molecule has 7 heteroatoms. The fourth-order valence-corrected chi connectivity index (χ4v) is 3.64. The molecule has 0 saturated carbocycles. The highest BCUT2D eigenvalue weighted by atomic mass is 16.6. The Morgan fingerprint density at radius 1 is 1.33 bits per heavy atom. The SMILES string of the molecule is COC(=O)c1cc(N2CCCC2C(C#N)c2ccccc2)ccc1[N+](=O)[O-]. The topological polar surface area (TPSA) is 96.5 Å². The van der Waals surface area contributed by atoms with Gasteiger partial charge in [-0.1, -0.05) is 30.3 Å². The number of nitro groups is 1.